The van der Waals surface area contributed by atoms with Crippen LogP contribution in [-0.2, 0) is 33.6 Å². The van der Waals surface area contributed by atoms with E-state index in [9.17, 15) is 57.5 Å². The zero-order valence-corrected chi connectivity index (χ0v) is 44.6. The van der Waals surface area contributed by atoms with Gasteiger partial charge in [0.05, 0.1) is 18.9 Å². The van der Waals surface area contributed by atoms with Crippen LogP contribution in [0.15, 0.2) is 9.98 Å². The Balaban J connectivity index is -0.00000280. The highest BCUT2D eigenvalue weighted by molar-refractivity contribution is 5.99. The SMILES string of the molecule is CCN=C=NCC.CCNC(=O)N(CCCCN(C(=O)CCC(=O)N(CC)C(=O)NCCCCNC(=O)N(CC)C(=O)CC)C(=O)NCCCCNC(=O)N(CC)C(=O)CC)C(=O)CC.O=C(O)CCC(=O)O. The van der Waals surface area contributed by atoms with Crippen LogP contribution >= 0.6 is 0 Å². The first-order chi connectivity index (χ1) is 34.7. The van der Waals surface area contributed by atoms with Gasteiger partial charge in [-0.05, 0) is 80.1 Å². The number of urea groups is 5. The highest BCUT2D eigenvalue weighted by Gasteiger charge is 2.26. The summed E-state index contributed by atoms with van der Waals surface area (Å²) in [4.78, 5) is 158. The molecule has 0 aliphatic heterocycles. The second kappa shape index (κ2) is 44.9. The van der Waals surface area contributed by atoms with Crippen molar-refractivity contribution in [1.82, 2.24) is 51.1 Å². The molecule has 0 aromatic carbocycles. The fraction of sp³-hybridized carbons (Fsp3) is 0.723. The third-order valence-electron chi connectivity index (χ3n) is 9.80. The molecule has 0 fully saturated rings. The molecule has 0 aliphatic carbocycles. The Bertz CT molecular complexity index is 1790. The van der Waals surface area contributed by atoms with Crippen molar-refractivity contribution < 1.29 is 67.7 Å². The van der Waals surface area contributed by atoms with Crippen molar-refractivity contribution in [1.29, 1.82) is 0 Å². The first-order valence-corrected chi connectivity index (χ1v) is 25.2. The summed E-state index contributed by atoms with van der Waals surface area (Å²) in [5.74, 6) is -4.39. The van der Waals surface area contributed by atoms with E-state index in [1.54, 1.807) is 48.5 Å². The molecular formula is C47H84N12O14. The summed E-state index contributed by atoms with van der Waals surface area (Å²) in [7, 11) is 0. The molecule has 0 heterocycles. The summed E-state index contributed by atoms with van der Waals surface area (Å²) in [6, 6.07) is -0.350. The van der Waals surface area contributed by atoms with Crippen LogP contribution in [0.2, 0.25) is 0 Å². The minimum Gasteiger partial charge on any atom is -0.481 e. The predicted molar refractivity (Wildman–Crippen MR) is 272 cm³/mol. The zero-order valence-electron chi connectivity index (χ0n) is 44.6. The van der Waals surface area contributed by atoms with E-state index in [-0.39, 0.29) is 128 Å². The van der Waals surface area contributed by atoms with Crippen LogP contribution < -0.4 is 26.6 Å². The molecule has 416 valence electrons. The molecule has 15 amide bonds. The first kappa shape index (κ1) is 70.3. The minimum atomic E-state index is -1.08. The molecule has 0 saturated carbocycles. The van der Waals surface area contributed by atoms with Crippen molar-refractivity contribution >= 4 is 77.6 Å². The van der Waals surface area contributed by atoms with Crippen molar-refractivity contribution in [2.45, 2.75) is 146 Å². The van der Waals surface area contributed by atoms with E-state index in [0.29, 0.717) is 38.6 Å². The molecule has 0 atom stereocenters. The van der Waals surface area contributed by atoms with Gasteiger partial charge in [0.25, 0.3) is 0 Å². The highest BCUT2D eigenvalue weighted by Crippen LogP contribution is 2.08. The van der Waals surface area contributed by atoms with E-state index in [1.807, 2.05) is 13.8 Å². The summed E-state index contributed by atoms with van der Waals surface area (Å²) < 4.78 is 0. The Hall–Kier alpha value is -6.98. The largest absolute Gasteiger partial charge is 0.481 e. The Morgan fingerprint density at radius 1 is 0.370 bits per heavy atom. The second-order valence-electron chi connectivity index (χ2n) is 15.3. The van der Waals surface area contributed by atoms with Crippen molar-refractivity contribution in [3.63, 3.8) is 0 Å². The topological polar surface area (TPSA) is 346 Å². The first-order valence-electron chi connectivity index (χ1n) is 25.2. The van der Waals surface area contributed by atoms with Crippen LogP contribution in [0.1, 0.15) is 146 Å². The minimum absolute atomic E-state index is 0.0296. The van der Waals surface area contributed by atoms with Gasteiger partial charge >= 0.3 is 42.1 Å². The normalized spacial score (nSPS) is 9.88. The van der Waals surface area contributed by atoms with Gasteiger partial charge in [-0.25, -0.2) is 34.0 Å². The van der Waals surface area contributed by atoms with Crippen LogP contribution in [0.5, 0.6) is 0 Å². The number of nitrogens with one attached hydrogen (secondary N) is 5. The van der Waals surface area contributed by atoms with E-state index in [0.717, 1.165) is 37.6 Å². The van der Waals surface area contributed by atoms with Gasteiger partial charge in [-0.2, -0.15) is 0 Å². The van der Waals surface area contributed by atoms with Gasteiger partial charge in [0.15, 0.2) is 0 Å². The number of unbranched alkanes of at least 4 members (excludes halogenated alkanes) is 3. The molecule has 73 heavy (non-hydrogen) atoms. The average molecular weight is 1040 g/mol. The monoisotopic (exact) mass is 1040 g/mol. The van der Waals surface area contributed by atoms with Crippen LogP contribution in [0.4, 0.5) is 24.0 Å². The third kappa shape index (κ3) is 34.1. The van der Waals surface area contributed by atoms with Crippen LogP contribution in [0.3, 0.4) is 0 Å². The summed E-state index contributed by atoms with van der Waals surface area (Å²) in [5, 5.41) is 29.1. The molecule has 0 aromatic heterocycles. The Morgan fingerprint density at radius 2 is 0.644 bits per heavy atom. The standard InChI is InChI=1S/C38H68N10O10.C5H10N2.C4H6O4/c1-8-29(49)44(12-5)35(55)40-23-15-16-25-42-37(57)46(14-7)32(52)21-22-33(53)48(28-20-19-27-47(31(51)10-3)34(54)39-11-4)38(58)43-26-18-17-24-41-36(56)45(13-6)30(50)9-2;1-3-6-5-7-4-2;5-3(6)1-2-4(7)8/h8-28H2,1-7H3,(H,39,54)(H,40,55)(H,41,56)(H,42,57)(H,43,58);3-4H2,1-2H3;1-2H2,(H,5,6)(H,7,8). The Labute approximate surface area is 429 Å². The van der Waals surface area contributed by atoms with E-state index in [2.05, 4.69) is 42.6 Å². The van der Waals surface area contributed by atoms with Gasteiger partial charge in [-0.1, -0.05) is 20.8 Å². The molecule has 0 saturated heterocycles. The molecule has 0 aliphatic rings. The van der Waals surface area contributed by atoms with E-state index < -0.39 is 53.9 Å². The summed E-state index contributed by atoms with van der Waals surface area (Å²) in [6.45, 7) is 18.9. The number of carbonyl (C=O) groups excluding carboxylic acids is 10. The number of nitrogens with zero attached hydrogens (tertiary/aromatic N) is 7. The van der Waals surface area contributed by atoms with Gasteiger partial charge in [0.1, 0.15) is 0 Å². The highest BCUT2D eigenvalue weighted by atomic mass is 16.4. The molecule has 0 radical (unpaired) electrons. The van der Waals surface area contributed by atoms with Gasteiger partial charge in [-0.15, -0.1) is 0 Å². The fourth-order valence-electron chi connectivity index (χ4n) is 5.89. The number of aliphatic imine (C=N–C) groups is 2. The molecule has 0 unspecified atom stereocenters. The number of imide groups is 5. The molecule has 7 N–H and O–H groups in total. The van der Waals surface area contributed by atoms with Gasteiger partial charge in [-0.3, -0.25) is 58.1 Å². The van der Waals surface area contributed by atoms with E-state index in [1.165, 1.54) is 0 Å². The van der Waals surface area contributed by atoms with E-state index >= 15 is 0 Å². The number of hydrogen-bond acceptors (Lipinski definition) is 14. The molecule has 26 nitrogen and oxygen atoms in total. The fourth-order valence-corrected chi connectivity index (χ4v) is 5.89. The summed E-state index contributed by atoms with van der Waals surface area (Å²) in [6.07, 6.45) is 1.63. The van der Waals surface area contributed by atoms with E-state index in [4.69, 9.17) is 10.2 Å². The lowest BCUT2D eigenvalue weighted by atomic mass is 10.2. The molecule has 26 heteroatoms. The molecule has 0 rings (SSSR count). The molecule has 0 aromatic rings. The number of carbonyl (C=O) groups is 12. The zero-order chi connectivity index (χ0) is 56.1. The van der Waals surface area contributed by atoms with Gasteiger partial charge < -0.3 is 36.8 Å². The number of carboxylic acids is 2. The number of rotatable bonds is 30. The van der Waals surface area contributed by atoms with Crippen LogP contribution in [0, 0.1) is 0 Å². The van der Waals surface area contributed by atoms with Gasteiger partial charge in [0, 0.05) is 111 Å². The van der Waals surface area contributed by atoms with Crippen molar-refractivity contribution in [2.75, 3.05) is 78.5 Å². The van der Waals surface area contributed by atoms with Crippen molar-refractivity contribution in [2.24, 2.45) is 9.98 Å². The van der Waals surface area contributed by atoms with Gasteiger partial charge in [0.2, 0.25) is 29.5 Å². The smallest absolute Gasteiger partial charge is 0.324 e. The number of amides is 15. The number of hydrogen-bond donors (Lipinski definition) is 7. The van der Waals surface area contributed by atoms with Crippen LogP contribution in [0.25, 0.3) is 0 Å². The van der Waals surface area contributed by atoms with Crippen molar-refractivity contribution in [3.05, 3.63) is 0 Å². The Morgan fingerprint density at radius 3 is 0.932 bits per heavy atom. The second-order valence-corrected chi connectivity index (χ2v) is 15.3. The summed E-state index contributed by atoms with van der Waals surface area (Å²) in [5.41, 5.74) is 0. The maximum atomic E-state index is 13.4. The maximum Gasteiger partial charge on any atom is 0.324 e. The maximum absolute atomic E-state index is 13.4. The average Bonchev–Trinajstić information content (AvgIpc) is 3.36. The molecule has 0 spiro atoms. The predicted octanol–water partition coefficient (Wildman–Crippen LogP) is 4.24. The Kier molecular flexibility index (Phi) is 43.2. The van der Waals surface area contributed by atoms with Crippen molar-refractivity contribution in [3.8, 4) is 0 Å². The summed E-state index contributed by atoms with van der Waals surface area (Å²) >= 11 is 0. The number of carboxylic acid groups (broad SMARTS) is 2. The third-order valence-corrected chi connectivity index (χ3v) is 9.80. The quantitative estimate of drug-likeness (QED) is 0.0391. The number of aliphatic carboxylic acids is 2. The molecular weight excluding hydrogens is 957 g/mol. The molecule has 0 bridgehead atoms. The lowest BCUT2D eigenvalue weighted by Gasteiger charge is -2.24. The van der Waals surface area contributed by atoms with Crippen LogP contribution in [-0.4, -0.2) is 191 Å². The lowest BCUT2D eigenvalue weighted by Crippen LogP contribution is -2.47. The lowest BCUT2D eigenvalue weighted by molar-refractivity contribution is -0.143.